The highest BCUT2D eigenvalue weighted by atomic mass is 17.2. The molecular weight excluding hydrogens is 514 g/mol. The monoisotopic (exact) mass is 549 g/mol. The van der Waals surface area contributed by atoms with Crippen LogP contribution in [-0.2, 0) is 55.0 Å². The van der Waals surface area contributed by atoms with Crippen LogP contribution in [0.1, 0.15) is 25.1 Å². The molecule has 0 aliphatic rings. The van der Waals surface area contributed by atoms with Crippen LogP contribution >= 0.6 is 0 Å². The summed E-state index contributed by atoms with van der Waals surface area (Å²) in [5.74, 6) is 9.19. The molecule has 0 amide bonds. The predicted molar refractivity (Wildman–Crippen MR) is 135 cm³/mol. The van der Waals surface area contributed by atoms with E-state index >= 15 is 0 Å². The largest absolute Gasteiger partial charge is 0.371 e. The molecule has 13 nitrogen and oxygen atoms in total. The summed E-state index contributed by atoms with van der Waals surface area (Å²) < 4.78 is 13.7. The molecule has 0 aliphatic heterocycles. The third kappa shape index (κ3) is 17.2. The summed E-state index contributed by atoms with van der Waals surface area (Å²) in [6.07, 6.45) is 22.9. The molecule has 39 heavy (non-hydrogen) atoms. The summed E-state index contributed by atoms with van der Waals surface area (Å²) in [5, 5.41) is 8.44. The van der Waals surface area contributed by atoms with Crippen molar-refractivity contribution in [1.29, 1.82) is 0 Å². The zero-order valence-electron chi connectivity index (χ0n) is 22.0. The van der Waals surface area contributed by atoms with Crippen molar-refractivity contribution in [1.82, 2.24) is 15.0 Å². The molecule has 1 heterocycles. The van der Waals surface area contributed by atoms with Gasteiger partial charge in [0.2, 0.25) is 0 Å². The Kier molecular flexibility index (Phi) is 21.0. The van der Waals surface area contributed by atoms with Crippen LogP contribution in [0.2, 0.25) is 0 Å². The van der Waals surface area contributed by atoms with E-state index in [1.54, 1.807) is 4.68 Å². The van der Waals surface area contributed by atoms with E-state index in [1.165, 1.54) is 0 Å². The number of rotatable bonds is 25. The second kappa shape index (κ2) is 24.1. The van der Waals surface area contributed by atoms with E-state index in [4.69, 9.17) is 74.3 Å². The minimum Gasteiger partial charge on any atom is -0.371 e. The molecule has 1 rings (SSSR count). The number of aromatic nitrogens is 3. The zero-order valence-corrected chi connectivity index (χ0v) is 22.0. The second-order valence-electron chi connectivity index (χ2n) is 7.51. The third-order valence-corrected chi connectivity index (χ3v) is 4.40. The van der Waals surface area contributed by atoms with Crippen LogP contribution in [-0.4, -0.2) is 93.3 Å². The smallest absolute Gasteiger partial charge is 0.142 e. The summed E-state index contributed by atoms with van der Waals surface area (Å²) in [4.78, 5) is 39.9. The van der Waals surface area contributed by atoms with Crippen LogP contribution in [0.15, 0.2) is 6.20 Å². The quantitative estimate of drug-likeness (QED) is 0.0744. The zero-order chi connectivity index (χ0) is 28.4. The standard InChI is InChI=1S/C26H35N3O10/c1-6-11-23-16-29(28-27-23)24(17-30-25(19-36-32-12-7-2)20-37-33-13-8-3)18-31-26(21-38-34-14-9-4)22-39-35-15-10-5/h2-5,16,24-26H,6,11-15,17-22H2,1H3. The fraction of sp³-hybridized carbons (Fsp3) is 0.615. The van der Waals surface area contributed by atoms with Gasteiger partial charge in [0.15, 0.2) is 0 Å². The maximum absolute atomic E-state index is 6.01. The Morgan fingerprint density at radius 2 is 1.08 bits per heavy atom. The van der Waals surface area contributed by atoms with Crippen molar-refractivity contribution >= 4 is 0 Å². The third-order valence-electron chi connectivity index (χ3n) is 4.40. The number of hydrogen-bond donors (Lipinski definition) is 0. The van der Waals surface area contributed by atoms with Gasteiger partial charge in [0.05, 0.1) is 18.9 Å². The van der Waals surface area contributed by atoms with Crippen molar-refractivity contribution in [3.63, 3.8) is 0 Å². The van der Waals surface area contributed by atoms with E-state index < -0.39 is 18.2 Å². The van der Waals surface area contributed by atoms with Crippen molar-refractivity contribution in [3.05, 3.63) is 11.9 Å². The molecule has 0 saturated carbocycles. The van der Waals surface area contributed by atoms with Crippen LogP contribution in [0.4, 0.5) is 0 Å². The van der Waals surface area contributed by atoms with Gasteiger partial charge in [0.25, 0.3) is 0 Å². The normalized spacial score (nSPS) is 11.0. The topological polar surface area (TPSA) is 123 Å². The van der Waals surface area contributed by atoms with Crippen molar-refractivity contribution in [2.45, 2.75) is 38.0 Å². The lowest BCUT2D eigenvalue weighted by molar-refractivity contribution is -0.330. The van der Waals surface area contributed by atoms with Crippen molar-refractivity contribution in [3.8, 4) is 49.4 Å². The van der Waals surface area contributed by atoms with Gasteiger partial charge in [-0.1, -0.05) is 42.2 Å². The van der Waals surface area contributed by atoms with Crippen LogP contribution < -0.4 is 0 Å². The Morgan fingerprint density at radius 1 is 0.667 bits per heavy atom. The Balaban J connectivity index is 2.86. The Hall–Kier alpha value is -3.02. The van der Waals surface area contributed by atoms with Crippen LogP contribution in [0.5, 0.6) is 0 Å². The maximum Gasteiger partial charge on any atom is 0.142 e. The first kappa shape index (κ1) is 34.0. The minimum atomic E-state index is -0.613. The van der Waals surface area contributed by atoms with Gasteiger partial charge in [0.1, 0.15) is 71.1 Å². The van der Waals surface area contributed by atoms with Crippen molar-refractivity contribution in [2.75, 3.05) is 66.1 Å². The molecule has 0 radical (unpaired) electrons. The van der Waals surface area contributed by atoms with Gasteiger partial charge in [0, 0.05) is 6.20 Å². The number of aryl methyl sites for hydroxylation is 1. The summed E-state index contributed by atoms with van der Waals surface area (Å²) >= 11 is 0. The first-order valence-corrected chi connectivity index (χ1v) is 12.0. The molecule has 0 aliphatic carbocycles. The predicted octanol–water partition coefficient (Wildman–Crippen LogP) is 0.868. The fourth-order valence-electron chi connectivity index (χ4n) is 2.65. The van der Waals surface area contributed by atoms with Crippen LogP contribution in [0.3, 0.4) is 0 Å². The van der Waals surface area contributed by atoms with Gasteiger partial charge in [-0.3, -0.25) is 0 Å². The average molecular weight is 550 g/mol. The van der Waals surface area contributed by atoms with Gasteiger partial charge < -0.3 is 9.47 Å². The molecule has 0 unspecified atom stereocenters. The Labute approximate surface area is 229 Å². The summed E-state index contributed by atoms with van der Waals surface area (Å²) in [6, 6.07) is -0.426. The van der Waals surface area contributed by atoms with E-state index in [1.807, 2.05) is 13.1 Å². The molecule has 0 aromatic carbocycles. The first-order chi connectivity index (χ1) is 19.2. The lowest BCUT2D eigenvalue weighted by Crippen LogP contribution is -2.33. The van der Waals surface area contributed by atoms with Gasteiger partial charge in [-0.25, -0.2) is 43.8 Å². The number of nitrogens with zero attached hydrogens (tertiary/aromatic N) is 3. The maximum atomic E-state index is 6.01. The minimum absolute atomic E-state index is 0.00352. The van der Waals surface area contributed by atoms with Gasteiger partial charge >= 0.3 is 0 Å². The molecule has 0 atom stereocenters. The van der Waals surface area contributed by atoms with Crippen molar-refractivity contribution in [2.24, 2.45) is 0 Å². The van der Waals surface area contributed by atoms with E-state index in [0.717, 1.165) is 18.5 Å². The Bertz CT molecular complexity index is 819. The van der Waals surface area contributed by atoms with E-state index in [0.29, 0.717) is 0 Å². The summed E-state index contributed by atoms with van der Waals surface area (Å²) in [5.41, 5.74) is 0.824. The van der Waals surface area contributed by atoms with Crippen LogP contribution in [0.25, 0.3) is 0 Å². The van der Waals surface area contributed by atoms with Gasteiger partial charge in [-0.15, -0.1) is 30.8 Å². The number of ether oxygens (including phenoxy) is 2. The molecule has 0 N–H and O–H groups in total. The van der Waals surface area contributed by atoms with E-state index in [2.05, 4.69) is 34.0 Å². The van der Waals surface area contributed by atoms with Crippen molar-refractivity contribution < 1.29 is 48.6 Å². The Morgan fingerprint density at radius 3 is 1.44 bits per heavy atom. The fourth-order valence-corrected chi connectivity index (χ4v) is 2.65. The van der Waals surface area contributed by atoms with E-state index in [-0.39, 0.29) is 66.1 Å². The molecule has 214 valence electrons. The molecule has 0 fully saturated rings. The highest BCUT2D eigenvalue weighted by molar-refractivity contribution is 4.93. The molecular formula is C26H35N3O10. The molecule has 0 spiro atoms. The molecule has 1 aromatic rings. The number of hydrogen-bond acceptors (Lipinski definition) is 12. The van der Waals surface area contributed by atoms with Gasteiger partial charge in [-0.05, 0) is 6.42 Å². The second-order valence-corrected chi connectivity index (χ2v) is 7.51. The van der Waals surface area contributed by atoms with E-state index in [9.17, 15) is 0 Å². The lowest BCUT2D eigenvalue weighted by Gasteiger charge is -2.24. The highest BCUT2D eigenvalue weighted by Gasteiger charge is 2.22. The van der Waals surface area contributed by atoms with Crippen LogP contribution in [0, 0.1) is 49.4 Å². The van der Waals surface area contributed by atoms with Gasteiger partial charge in [-0.2, -0.15) is 0 Å². The number of terminal acetylenes is 4. The lowest BCUT2D eigenvalue weighted by atomic mass is 10.2. The summed E-state index contributed by atoms with van der Waals surface area (Å²) in [7, 11) is 0. The molecule has 0 saturated heterocycles. The molecule has 13 heteroatoms. The molecule has 1 aromatic heterocycles. The average Bonchev–Trinajstić information content (AvgIpc) is 3.41. The molecule has 0 bridgehead atoms. The first-order valence-electron chi connectivity index (χ1n) is 12.0. The highest BCUT2D eigenvalue weighted by Crippen LogP contribution is 2.13. The SMILES string of the molecule is C#CCOOCC(COOCC#C)OCC(COC(COOCC#C)COOCC#C)n1cc(CCC)nn1. The summed E-state index contributed by atoms with van der Waals surface area (Å²) in [6.45, 7) is 2.15.